The van der Waals surface area contributed by atoms with E-state index < -0.39 is 5.60 Å². The maximum absolute atomic E-state index is 11.7. The first-order chi connectivity index (χ1) is 11.4. The lowest BCUT2D eigenvalue weighted by Gasteiger charge is -2.40. The molecule has 1 saturated carbocycles. The van der Waals surface area contributed by atoms with E-state index in [1.807, 2.05) is 6.07 Å². The molecule has 0 heterocycles. The third-order valence-corrected chi connectivity index (χ3v) is 5.64. The Bertz CT molecular complexity index is 516. The van der Waals surface area contributed by atoms with E-state index in [9.17, 15) is 5.11 Å². The highest BCUT2D eigenvalue weighted by Crippen LogP contribution is 2.38. The minimum absolute atomic E-state index is 0.217. The van der Waals surface area contributed by atoms with E-state index in [1.54, 1.807) is 0 Å². The molecule has 1 N–H and O–H groups in total. The largest absolute Gasteiger partial charge is 0.385 e. The molecule has 2 rings (SSSR count). The summed E-state index contributed by atoms with van der Waals surface area (Å²) in [5.74, 6) is 0.877. The van der Waals surface area contributed by atoms with Gasteiger partial charge in [0.15, 0.2) is 0 Å². The predicted octanol–water partition coefficient (Wildman–Crippen LogP) is 4.99. The van der Waals surface area contributed by atoms with Gasteiger partial charge in [-0.3, -0.25) is 0 Å². The summed E-state index contributed by atoms with van der Waals surface area (Å²) >= 11 is 0. The van der Waals surface area contributed by atoms with Crippen molar-refractivity contribution in [1.29, 1.82) is 0 Å². The standard InChI is InChI=1S/C22H35NO/c1-18(15-20-11-7-5-8-12-20)22(24,19(2)17-23(3)4)16-21-13-9-6-10-14-21/h5,7-8,11-12,15,19,21,24H,6,9-10,13-14,16-17H2,1-4H3/b18-15+. The molecule has 1 aliphatic carbocycles. The van der Waals surface area contributed by atoms with Crippen LogP contribution in [-0.4, -0.2) is 36.2 Å². The van der Waals surface area contributed by atoms with Gasteiger partial charge in [-0.25, -0.2) is 0 Å². The van der Waals surface area contributed by atoms with Gasteiger partial charge in [-0.05, 0) is 44.5 Å². The third-order valence-electron chi connectivity index (χ3n) is 5.64. The molecule has 2 atom stereocenters. The van der Waals surface area contributed by atoms with Crippen LogP contribution in [0, 0.1) is 11.8 Å². The van der Waals surface area contributed by atoms with Gasteiger partial charge in [-0.2, -0.15) is 0 Å². The number of aliphatic hydroxyl groups is 1. The second-order valence-electron chi connectivity index (χ2n) is 8.03. The van der Waals surface area contributed by atoms with Crippen LogP contribution < -0.4 is 0 Å². The first kappa shape index (κ1) is 19.2. The molecule has 0 saturated heterocycles. The summed E-state index contributed by atoms with van der Waals surface area (Å²) in [5, 5.41) is 11.7. The number of hydrogen-bond donors (Lipinski definition) is 1. The van der Waals surface area contributed by atoms with E-state index in [-0.39, 0.29) is 5.92 Å². The number of benzene rings is 1. The van der Waals surface area contributed by atoms with Gasteiger partial charge in [0.05, 0.1) is 5.60 Å². The smallest absolute Gasteiger partial charge is 0.0897 e. The van der Waals surface area contributed by atoms with Crippen LogP contribution in [0.5, 0.6) is 0 Å². The Kier molecular flexibility index (Phi) is 7.06. The molecule has 1 fully saturated rings. The molecule has 2 heteroatoms. The van der Waals surface area contributed by atoms with Crippen LogP contribution in [0.2, 0.25) is 0 Å². The molecule has 134 valence electrons. The molecule has 2 unspecified atom stereocenters. The molecule has 0 radical (unpaired) electrons. The average molecular weight is 330 g/mol. The molecule has 1 aliphatic rings. The topological polar surface area (TPSA) is 23.5 Å². The fourth-order valence-electron chi connectivity index (χ4n) is 4.21. The lowest BCUT2D eigenvalue weighted by atomic mass is 9.72. The molecule has 24 heavy (non-hydrogen) atoms. The first-order valence-electron chi connectivity index (χ1n) is 9.52. The van der Waals surface area contributed by atoms with Gasteiger partial charge in [0, 0.05) is 12.5 Å². The van der Waals surface area contributed by atoms with Gasteiger partial charge in [0.1, 0.15) is 0 Å². The van der Waals surface area contributed by atoms with Crippen molar-refractivity contribution in [2.24, 2.45) is 11.8 Å². The molecule has 0 aromatic heterocycles. The summed E-state index contributed by atoms with van der Waals surface area (Å²) in [4.78, 5) is 2.19. The van der Waals surface area contributed by atoms with Crippen molar-refractivity contribution in [3.63, 3.8) is 0 Å². The Balaban J connectivity index is 2.24. The summed E-state index contributed by atoms with van der Waals surface area (Å²) in [6.07, 6.45) is 9.63. The van der Waals surface area contributed by atoms with Crippen molar-refractivity contribution in [2.75, 3.05) is 20.6 Å². The van der Waals surface area contributed by atoms with Crippen LogP contribution in [-0.2, 0) is 0 Å². The number of hydrogen-bond acceptors (Lipinski definition) is 2. The molecule has 1 aromatic carbocycles. The Labute approximate surface area is 148 Å². The van der Waals surface area contributed by atoms with E-state index >= 15 is 0 Å². The minimum Gasteiger partial charge on any atom is -0.385 e. The maximum Gasteiger partial charge on any atom is 0.0897 e. The molecule has 0 spiro atoms. The maximum atomic E-state index is 11.7. The van der Waals surface area contributed by atoms with E-state index in [1.165, 1.54) is 37.7 Å². The normalized spacial score (nSPS) is 20.8. The van der Waals surface area contributed by atoms with Gasteiger partial charge in [0.25, 0.3) is 0 Å². The van der Waals surface area contributed by atoms with Crippen LogP contribution in [0.4, 0.5) is 0 Å². The minimum atomic E-state index is -0.720. The second-order valence-corrected chi connectivity index (χ2v) is 8.03. The quantitative estimate of drug-likeness (QED) is 0.762. The third kappa shape index (κ3) is 5.19. The van der Waals surface area contributed by atoms with Crippen molar-refractivity contribution in [1.82, 2.24) is 4.90 Å². The Morgan fingerprint density at radius 1 is 1.21 bits per heavy atom. The van der Waals surface area contributed by atoms with Crippen molar-refractivity contribution in [3.05, 3.63) is 41.5 Å². The number of rotatable bonds is 7. The molecule has 0 amide bonds. The predicted molar refractivity (Wildman–Crippen MR) is 104 cm³/mol. The summed E-state index contributed by atoms with van der Waals surface area (Å²) in [7, 11) is 4.18. The summed E-state index contributed by atoms with van der Waals surface area (Å²) in [5.41, 5.74) is 1.56. The first-order valence-corrected chi connectivity index (χ1v) is 9.52. The van der Waals surface area contributed by atoms with Crippen molar-refractivity contribution >= 4 is 6.08 Å². The van der Waals surface area contributed by atoms with Gasteiger partial charge in [-0.1, -0.05) is 75.4 Å². The summed E-state index contributed by atoms with van der Waals surface area (Å²) < 4.78 is 0. The molecule has 0 aliphatic heterocycles. The Morgan fingerprint density at radius 2 is 1.83 bits per heavy atom. The van der Waals surface area contributed by atoms with Crippen LogP contribution in [0.1, 0.15) is 57.9 Å². The zero-order valence-electron chi connectivity index (χ0n) is 16.0. The highest BCUT2D eigenvalue weighted by Gasteiger charge is 2.38. The van der Waals surface area contributed by atoms with E-state index in [0.29, 0.717) is 5.92 Å². The lowest BCUT2D eigenvalue weighted by molar-refractivity contribution is -0.0109. The summed E-state index contributed by atoms with van der Waals surface area (Å²) in [6.45, 7) is 5.22. The van der Waals surface area contributed by atoms with Crippen LogP contribution in [0.25, 0.3) is 6.08 Å². The lowest BCUT2D eigenvalue weighted by Crippen LogP contribution is -2.44. The molecule has 1 aromatic rings. The molecular formula is C22H35NO. The Morgan fingerprint density at radius 3 is 2.42 bits per heavy atom. The molecule has 2 nitrogen and oxygen atoms in total. The van der Waals surface area contributed by atoms with Gasteiger partial charge in [0.2, 0.25) is 0 Å². The van der Waals surface area contributed by atoms with Crippen LogP contribution in [0.15, 0.2) is 35.9 Å². The average Bonchev–Trinajstić information content (AvgIpc) is 2.56. The highest BCUT2D eigenvalue weighted by molar-refractivity contribution is 5.54. The fraction of sp³-hybridized carbons (Fsp3) is 0.636. The van der Waals surface area contributed by atoms with Crippen molar-refractivity contribution in [2.45, 2.75) is 58.0 Å². The van der Waals surface area contributed by atoms with E-state index in [2.05, 4.69) is 63.2 Å². The van der Waals surface area contributed by atoms with E-state index in [4.69, 9.17) is 0 Å². The molecular weight excluding hydrogens is 294 g/mol. The zero-order valence-corrected chi connectivity index (χ0v) is 16.0. The summed E-state index contributed by atoms with van der Waals surface area (Å²) in [6, 6.07) is 10.4. The van der Waals surface area contributed by atoms with Crippen LogP contribution in [0.3, 0.4) is 0 Å². The highest BCUT2D eigenvalue weighted by atomic mass is 16.3. The fourth-order valence-corrected chi connectivity index (χ4v) is 4.21. The Hall–Kier alpha value is -1.12. The van der Waals surface area contributed by atoms with Crippen molar-refractivity contribution < 1.29 is 5.11 Å². The van der Waals surface area contributed by atoms with Gasteiger partial charge >= 0.3 is 0 Å². The van der Waals surface area contributed by atoms with Crippen LogP contribution >= 0.6 is 0 Å². The molecule has 0 bridgehead atoms. The van der Waals surface area contributed by atoms with Gasteiger partial charge < -0.3 is 10.0 Å². The zero-order chi connectivity index (χ0) is 17.6. The van der Waals surface area contributed by atoms with Crippen molar-refractivity contribution in [3.8, 4) is 0 Å². The monoisotopic (exact) mass is 329 g/mol. The van der Waals surface area contributed by atoms with E-state index in [0.717, 1.165) is 18.5 Å². The van der Waals surface area contributed by atoms with Gasteiger partial charge in [-0.15, -0.1) is 0 Å². The second kappa shape index (κ2) is 8.82. The SMILES string of the molecule is C/C(=C\c1ccccc1)C(O)(CC1CCCCC1)C(C)CN(C)C. The number of nitrogens with zero attached hydrogens (tertiary/aromatic N) is 1.